The van der Waals surface area contributed by atoms with Crippen molar-refractivity contribution in [2.24, 2.45) is 0 Å². The highest BCUT2D eigenvalue weighted by atomic mass is 16.1. The molecule has 0 fully saturated rings. The summed E-state index contributed by atoms with van der Waals surface area (Å²) in [7, 11) is 0. The lowest BCUT2D eigenvalue weighted by atomic mass is 10.0. The van der Waals surface area contributed by atoms with Crippen LogP contribution in [0.25, 0.3) is 11.1 Å². The molecule has 188 valence electrons. The van der Waals surface area contributed by atoms with E-state index in [1.54, 1.807) is 0 Å². The summed E-state index contributed by atoms with van der Waals surface area (Å²) >= 11 is 0. The van der Waals surface area contributed by atoms with Gasteiger partial charge in [-0.2, -0.15) is 0 Å². The molecular formula is C31H33N5O. The molecule has 6 nitrogen and oxygen atoms in total. The molecule has 0 saturated carbocycles. The highest BCUT2D eigenvalue weighted by Crippen LogP contribution is 2.36. The number of fused-ring (bicyclic) bond motifs is 4. The van der Waals surface area contributed by atoms with E-state index in [1.807, 2.05) is 25.1 Å². The Morgan fingerprint density at radius 2 is 1.70 bits per heavy atom. The summed E-state index contributed by atoms with van der Waals surface area (Å²) in [6.07, 6.45) is 3.09. The van der Waals surface area contributed by atoms with E-state index in [0.717, 1.165) is 57.1 Å². The Labute approximate surface area is 218 Å². The highest BCUT2D eigenvalue weighted by molar-refractivity contribution is 5.77. The van der Waals surface area contributed by atoms with Crippen molar-refractivity contribution in [1.82, 2.24) is 25.0 Å². The Bertz CT molecular complexity index is 1410. The maximum Gasteiger partial charge on any atom is 0.220 e. The molecule has 0 unspecified atom stereocenters. The van der Waals surface area contributed by atoms with Crippen molar-refractivity contribution in [3.05, 3.63) is 107 Å². The molecule has 2 aliphatic rings. The third kappa shape index (κ3) is 5.07. The Kier molecular flexibility index (Phi) is 6.58. The van der Waals surface area contributed by atoms with Gasteiger partial charge < -0.3 is 9.88 Å². The maximum atomic E-state index is 12.6. The summed E-state index contributed by atoms with van der Waals surface area (Å²) < 4.78 is 2.21. The minimum absolute atomic E-state index is 0.0442. The van der Waals surface area contributed by atoms with Crippen molar-refractivity contribution < 1.29 is 4.79 Å². The van der Waals surface area contributed by atoms with Crippen molar-refractivity contribution in [3.8, 4) is 11.1 Å². The molecule has 0 saturated heterocycles. The summed E-state index contributed by atoms with van der Waals surface area (Å²) in [6.45, 7) is 5.65. The number of carbonyl (C=O) groups excluding carboxylic acids is 1. The van der Waals surface area contributed by atoms with Crippen LogP contribution in [-0.2, 0) is 37.1 Å². The van der Waals surface area contributed by atoms with E-state index < -0.39 is 0 Å². The second-order valence-electron chi connectivity index (χ2n) is 10.3. The number of rotatable bonds is 7. The van der Waals surface area contributed by atoms with Crippen molar-refractivity contribution in [1.29, 1.82) is 0 Å². The van der Waals surface area contributed by atoms with Gasteiger partial charge in [0.1, 0.15) is 5.82 Å². The lowest BCUT2D eigenvalue weighted by molar-refractivity contribution is -0.121. The minimum atomic E-state index is -0.172. The predicted molar refractivity (Wildman–Crippen MR) is 145 cm³/mol. The van der Waals surface area contributed by atoms with Crippen LogP contribution in [0, 0.1) is 0 Å². The number of hydrogen-bond donors (Lipinski definition) is 1. The number of aryl methyl sites for hydroxylation is 1. The van der Waals surface area contributed by atoms with Gasteiger partial charge in [0.15, 0.2) is 5.82 Å². The average Bonchev–Trinajstić information content (AvgIpc) is 3.44. The van der Waals surface area contributed by atoms with Crippen LogP contribution in [0.2, 0.25) is 0 Å². The lowest BCUT2D eigenvalue weighted by Crippen LogP contribution is -2.30. The molecule has 1 aliphatic heterocycles. The van der Waals surface area contributed by atoms with Gasteiger partial charge in [-0.3, -0.25) is 9.69 Å². The van der Waals surface area contributed by atoms with Crippen LogP contribution >= 0.6 is 0 Å². The van der Waals surface area contributed by atoms with Gasteiger partial charge in [-0.15, -0.1) is 10.2 Å². The molecule has 4 aromatic rings. The topological polar surface area (TPSA) is 63.1 Å². The molecule has 1 amide bonds. The number of carbonyl (C=O) groups is 1. The van der Waals surface area contributed by atoms with E-state index in [2.05, 4.69) is 79.6 Å². The predicted octanol–water partition coefficient (Wildman–Crippen LogP) is 4.72. The molecule has 0 bridgehead atoms. The van der Waals surface area contributed by atoms with Crippen LogP contribution in [0.4, 0.5) is 0 Å². The first-order chi connectivity index (χ1) is 18.1. The Morgan fingerprint density at radius 1 is 0.892 bits per heavy atom. The van der Waals surface area contributed by atoms with Crippen molar-refractivity contribution in [3.63, 3.8) is 0 Å². The SMILES string of the molecule is C[C@H](NC(=O)CCc1ccccc1)c1nnc2n1CCN(Cc1ccc3c(c1)Cc1ccccc1-3)CC2. The van der Waals surface area contributed by atoms with E-state index in [-0.39, 0.29) is 11.9 Å². The highest BCUT2D eigenvalue weighted by Gasteiger charge is 2.23. The molecule has 0 spiro atoms. The van der Waals surface area contributed by atoms with Crippen molar-refractivity contribution in [2.75, 3.05) is 13.1 Å². The average molecular weight is 492 g/mol. The number of nitrogens with one attached hydrogen (secondary N) is 1. The minimum Gasteiger partial charge on any atom is -0.346 e. The summed E-state index contributed by atoms with van der Waals surface area (Å²) in [5.74, 6) is 1.90. The zero-order chi connectivity index (χ0) is 25.2. The van der Waals surface area contributed by atoms with Gasteiger partial charge in [0.2, 0.25) is 5.91 Å². The van der Waals surface area contributed by atoms with Gasteiger partial charge in [-0.1, -0.05) is 72.8 Å². The fourth-order valence-electron chi connectivity index (χ4n) is 5.70. The second kappa shape index (κ2) is 10.3. The third-order valence-electron chi connectivity index (χ3n) is 7.66. The molecule has 1 aromatic heterocycles. The molecule has 6 heteroatoms. The summed E-state index contributed by atoms with van der Waals surface area (Å²) in [5, 5.41) is 12.1. The molecular weight excluding hydrogens is 458 g/mol. The largest absolute Gasteiger partial charge is 0.346 e. The molecule has 3 aromatic carbocycles. The van der Waals surface area contributed by atoms with Gasteiger partial charge in [0.25, 0.3) is 0 Å². The molecule has 1 N–H and O–H groups in total. The first-order valence-electron chi connectivity index (χ1n) is 13.3. The quantitative estimate of drug-likeness (QED) is 0.358. The van der Waals surface area contributed by atoms with Gasteiger partial charge in [0.05, 0.1) is 6.04 Å². The monoisotopic (exact) mass is 491 g/mol. The van der Waals surface area contributed by atoms with Crippen LogP contribution in [0.1, 0.15) is 53.3 Å². The fraction of sp³-hybridized carbons (Fsp3) is 0.323. The van der Waals surface area contributed by atoms with Crippen LogP contribution in [-0.4, -0.2) is 38.7 Å². The summed E-state index contributed by atoms with van der Waals surface area (Å²) in [4.78, 5) is 15.1. The van der Waals surface area contributed by atoms with Crippen LogP contribution in [0.3, 0.4) is 0 Å². The van der Waals surface area contributed by atoms with E-state index in [0.29, 0.717) is 6.42 Å². The molecule has 2 heterocycles. The normalized spacial score (nSPS) is 15.4. The number of benzene rings is 3. The van der Waals surface area contributed by atoms with Crippen LogP contribution in [0.5, 0.6) is 0 Å². The van der Waals surface area contributed by atoms with Gasteiger partial charge in [-0.05, 0) is 53.1 Å². The molecule has 0 radical (unpaired) electrons. The standard InChI is InChI=1S/C31H33N5O/c1-22(32-30(37)14-12-23-7-3-2-4-8-23)31-34-33-29-15-16-35(17-18-36(29)31)21-24-11-13-28-26(19-24)20-25-9-5-6-10-27(25)28/h2-11,13,19,22H,12,14-18,20-21H2,1H3,(H,32,37)/t22-/m0/s1. The Morgan fingerprint density at radius 3 is 2.59 bits per heavy atom. The third-order valence-corrected chi connectivity index (χ3v) is 7.66. The number of nitrogens with zero attached hydrogens (tertiary/aromatic N) is 4. The Hall–Kier alpha value is -3.77. The smallest absolute Gasteiger partial charge is 0.220 e. The lowest BCUT2D eigenvalue weighted by Gasteiger charge is -2.20. The summed E-state index contributed by atoms with van der Waals surface area (Å²) in [5.41, 5.74) is 8.16. The van der Waals surface area contributed by atoms with Crippen molar-refractivity contribution in [2.45, 2.75) is 51.7 Å². The second-order valence-corrected chi connectivity index (χ2v) is 10.3. The van der Waals surface area contributed by atoms with Gasteiger partial charge >= 0.3 is 0 Å². The molecule has 37 heavy (non-hydrogen) atoms. The van der Waals surface area contributed by atoms with E-state index in [9.17, 15) is 4.79 Å². The number of aromatic nitrogens is 3. The number of amides is 1. The van der Waals surface area contributed by atoms with E-state index >= 15 is 0 Å². The zero-order valence-electron chi connectivity index (χ0n) is 21.4. The maximum absolute atomic E-state index is 12.6. The number of hydrogen-bond acceptors (Lipinski definition) is 4. The molecule has 1 aliphatic carbocycles. The van der Waals surface area contributed by atoms with Crippen LogP contribution < -0.4 is 5.32 Å². The fourth-order valence-corrected chi connectivity index (χ4v) is 5.70. The first-order valence-corrected chi connectivity index (χ1v) is 13.3. The van der Waals surface area contributed by atoms with Crippen LogP contribution in [0.15, 0.2) is 72.8 Å². The van der Waals surface area contributed by atoms with Crippen molar-refractivity contribution >= 4 is 5.91 Å². The molecule has 1 atom stereocenters. The van der Waals surface area contributed by atoms with E-state index in [1.165, 1.54) is 33.4 Å². The van der Waals surface area contributed by atoms with Gasteiger partial charge in [-0.25, -0.2) is 0 Å². The zero-order valence-corrected chi connectivity index (χ0v) is 21.4. The first kappa shape index (κ1) is 23.6. The van der Waals surface area contributed by atoms with E-state index in [4.69, 9.17) is 0 Å². The summed E-state index contributed by atoms with van der Waals surface area (Å²) in [6, 6.07) is 25.7. The Balaban J connectivity index is 1.06. The van der Waals surface area contributed by atoms with Gasteiger partial charge in [0, 0.05) is 39.0 Å². The molecule has 6 rings (SSSR count).